The molecule has 0 unspecified atom stereocenters. The first-order chi connectivity index (χ1) is 9.78. The number of carbonyl (C=O) groups excluding carboxylic acids is 1. The van der Waals surface area contributed by atoms with Crippen molar-refractivity contribution in [2.24, 2.45) is 5.92 Å². The Balaban J connectivity index is 2.00. The minimum atomic E-state index is -2.66. The fraction of sp³-hybridized carbons (Fsp3) is 0.467. The highest BCUT2D eigenvalue weighted by molar-refractivity contribution is 5.94. The molecule has 4 nitrogen and oxygen atoms in total. The van der Waals surface area contributed by atoms with Crippen molar-refractivity contribution in [1.82, 2.24) is 0 Å². The van der Waals surface area contributed by atoms with Crippen LogP contribution in [-0.4, -0.2) is 22.9 Å². The summed E-state index contributed by atoms with van der Waals surface area (Å²) < 4.78 is 26.1. The zero-order valence-electron chi connectivity index (χ0n) is 11.7. The summed E-state index contributed by atoms with van der Waals surface area (Å²) in [5, 5.41) is 11.6. The molecule has 21 heavy (non-hydrogen) atoms. The molecular weight excluding hydrogens is 280 g/mol. The summed E-state index contributed by atoms with van der Waals surface area (Å²) >= 11 is 0. The Morgan fingerprint density at radius 1 is 1.29 bits per heavy atom. The number of amides is 1. The Morgan fingerprint density at radius 2 is 1.90 bits per heavy atom. The van der Waals surface area contributed by atoms with Crippen molar-refractivity contribution in [3.05, 3.63) is 29.3 Å². The SMILES string of the molecule is Cc1cc(NC(=O)C2CCC(F)(F)CC2)ccc1C(=O)O. The average Bonchev–Trinajstić information content (AvgIpc) is 2.38. The second-order valence-electron chi connectivity index (χ2n) is 5.45. The monoisotopic (exact) mass is 297 g/mol. The molecule has 2 rings (SSSR count). The number of hydrogen-bond donors (Lipinski definition) is 2. The van der Waals surface area contributed by atoms with E-state index in [4.69, 9.17) is 5.11 Å². The maximum absolute atomic E-state index is 13.1. The molecule has 1 aromatic rings. The van der Waals surface area contributed by atoms with Crippen LogP contribution in [0.4, 0.5) is 14.5 Å². The van der Waals surface area contributed by atoms with E-state index in [1.54, 1.807) is 13.0 Å². The normalized spacial score (nSPS) is 18.2. The Kier molecular flexibility index (Phi) is 4.25. The minimum absolute atomic E-state index is 0.172. The van der Waals surface area contributed by atoms with Crippen molar-refractivity contribution in [2.75, 3.05) is 5.32 Å². The van der Waals surface area contributed by atoms with Crippen molar-refractivity contribution in [1.29, 1.82) is 0 Å². The minimum Gasteiger partial charge on any atom is -0.478 e. The first-order valence-corrected chi connectivity index (χ1v) is 6.81. The third-order valence-corrected chi connectivity index (χ3v) is 3.81. The van der Waals surface area contributed by atoms with Gasteiger partial charge in [-0.3, -0.25) is 4.79 Å². The number of alkyl halides is 2. The Labute approximate surface area is 121 Å². The fourth-order valence-corrected chi connectivity index (χ4v) is 2.53. The van der Waals surface area contributed by atoms with Gasteiger partial charge in [-0.2, -0.15) is 0 Å². The number of rotatable bonds is 3. The predicted molar refractivity (Wildman–Crippen MR) is 73.7 cm³/mol. The highest BCUT2D eigenvalue weighted by Crippen LogP contribution is 2.36. The van der Waals surface area contributed by atoms with Crippen molar-refractivity contribution < 1.29 is 23.5 Å². The van der Waals surface area contributed by atoms with Gasteiger partial charge in [0.25, 0.3) is 0 Å². The topological polar surface area (TPSA) is 66.4 Å². The molecule has 0 aromatic heterocycles. The van der Waals surface area contributed by atoms with E-state index < -0.39 is 17.8 Å². The van der Waals surface area contributed by atoms with E-state index in [9.17, 15) is 18.4 Å². The number of anilines is 1. The highest BCUT2D eigenvalue weighted by Gasteiger charge is 2.37. The summed E-state index contributed by atoms with van der Waals surface area (Å²) in [6, 6.07) is 4.49. The van der Waals surface area contributed by atoms with Crippen LogP contribution in [0.2, 0.25) is 0 Å². The molecule has 0 radical (unpaired) electrons. The van der Waals surface area contributed by atoms with Gasteiger partial charge in [-0.1, -0.05) is 0 Å². The maximum Gasteiger partial charge on any atom is 0.335 e. The molecule has 1 amide bonds. The Hall–Kier alpha value is -1.98. The second-order valence-corrected chi connectivity index (χ2v) is 5.45. The first-order valence-electron chi connectivity index (χ1n) is 6.81. The molecule has 2 N–H and O–H groups in total. The molecule has 114 valence electrons. The molecule has 0 bridgehead atoms. The molecular formula is C15H17F2NO3. The zero-order valence-corrected chi connectivity index (χ0v) is 11.7. The molecule has 0 saturated heterocycles. The molecule has 1 saturated carbocycles. The lowest BCUT2D eigenvalue weighted by Crippen LogP contribution is -2.31. The molecule has 1 aliphatic rings. The molecule has 1 fully saturated rings. The van der Waals surface area contributed by atoms with Gasteiger partial charge in [0.15, 0.2) is 0 Å². The Bertz CT molecular complexity index is 562. The number of carboxylic acid groups (broad SMARTS) is 1. The number of benzene rings is 1. The lowest BCUT2D eigenvalue weighted by Gasteiger charge is -2.27. The average molecular weight is 297 g/mol. The van der Waals surface area contributed by atoms with Gasteiger partial charge < -0.3 is 10.4 Å². The van der Waals surface area contributed by atoms with E-state index in [1.807, 2.05) is 0 Å². The van der Waals surface area contributed by atoms with Crippen LogP contribution < -0.4 is 5.32 Å². The maximum atomic E-state index is 13.1. The van der Waals surface area contributed by atoms with Crippen LogP contribution in [0.3, 0.4) is 0 Å². The lowest BCUT2D eigenvalue weighted by atomic mass is 9.86. The van der Waals surface area contributed by atoms with E-state index in [1.165, 1.54) is 12.1 Å². The van der Waals surface area contributed by atoms with E-state index in [0.717, 1.165) is 0 Å². The number of carbonyl (C=O) groups is 2. The summed E-state index contributed by atoms with van der Waals surface area (Å²) in [6.45, 7) is 1.64. The second kappa shape index (κ2) is 5.79. The van der Waals surface area contributed by atoms with Gasteiger partial charge in [-0.05, 0) is 43.5 Å². The highest BCUT2D eigenvalue weighted by atomic mass is 19.3. The Morgan fingerprint density at radius 3 is 2.43 bits per heavy atom. The summed E-state index contributed by atoms with van der Waals surface area (Å²) in [5.41, 5.74) is 1.20. The van der Waals surface area contributed by atoms with Gasteiger partial charge in [0.05, 0.1) is 5.56 Å². The quantitative estimate of drug-likeness (QED) is 0.898. The lowest BCUT2D eigenvalue weighted by molar-refractivity contribution is -0.124. The summed E-state index contributed by atoms with van der Waals surface area (Å²) in [7, 11) is 0. The molecule has 6 heteroatoms. The molecule has 0 heterocycles. The predicted octanol–water partition coefficient (Wildman–Crippen LogP) is 3.46. The van der Waals surface area contributed by atoms with Crippen LogP contribution in [-0.2, 0) is 4.79 Å². The van der Waals surface area contributed by atoms with E-state index in [-0.39, 0.29) is 37.2 Å². The summed E-state index contributed by atoms with van der Waals surface area (Å²) in [5.74, 6) is -4.38. The molecule has 0 aliphatic heterocycles. The third-order valence-electron chi connectivity index (χ3n) is 3.81. The van der Waals surface area contributed by atoms with Crippen molar-refractivity contribution in [3.63, 3.8) is 0 Å². The standard InChI is InChI=1S/C15H17F2NO3/c1-9-8-11(2-3-12(9)14(20)21)18-13(19)10-4-6-15(16,17)7-5-10/h2-3,8,10H,4-7H2,1H3,(H,18,19)(H,20,21). The number of carboxylic acids is 1. The van der Waals surface area contributed by atoms with Gasteiger partial charge in [-0.15, -0.1) is 0 Å². The van der Waals surface area contributed by atoms with E-state index >= 15 is 0 Å². The van der Waals surface area contributed by atoms with Crippen molar-refractivity contribution >= 4 is 17.6 Å². The van der Waals surface area contributed by atoms with E-state index in [0.29, 0.717) is 11.3 Å². The number of nitrogens with one attached hydrogen (secondary N) is 1. The number of hydrogen-bond acceptors (Lipinski definition) is 2. The largest absolute Gasteiger partial charge is 0.478 e. The van der Waals surface area contributed by atoms with Gasteiger partial charge in [0.1, 0.15) is 0 Å². The van der Waals surface area contributed by atoms with Crippen LogP contribution in [0, 0.1) is 12.8 Å². The van der Waals surface area contributed by atoms with Crippen LogP contribution in [0.1, 0.15) is 41.6 Å². The van der Waals surface area contributed by atoms with Gasteiger partial charge >= 0.3 is 5.97 Å². The summed E-state index contributed by atoms with van der Waals surface area (Å²) in [6.07, 6.45) is -0.180. The van der Waals surface area contributed by atoms with Crippen molar-refractivity contribution in [3.8, 4) is 0 Å². The number of aryl methyl sites for hydroxylation is 1. The fourth-order valence-electron chi connectivity index (χ4n) is 2.53. The van der Waals surface area contributed by atoms with Crippen LogP contribution >= 0.6 is 0 Å². The van der Waals surface area contributed by atoms with E-state index in [2.05, 4.69) is 5.32 Å². The molecule has 0 atom stereocenters. The van der Waals surface area contributed by atoms with Gasteiger partial charge in [0.2, 0.25) is 11.8 Å². The van der Waals surface area contributed by atoms with Crippen LogP contribution in [0.25, 0.3) is 0 Å². The zero-order chi connectivity index (χ0) is 15.6. The van der Waals surface area contributed by atoms with Gasteiger partial charge in [-0.25, -0.2) is 13.6 Å². The van der Waals surface area contributed by atoms with Gasteiger partial charge in [0, 0.05) is 24.4 Å². The van der Waals surface area contributed by atoms with Crippen LogP contribution in [0.15, 0.2) is 18.2 Å². The molecule has 1 aliphatic carbocycles. The summed E-state index contributed by atoms with van der Waals surface area (Å²) in [4.78, 5) is 22.9. The van der Waals surface area contributed by atoms with Crippen molar-refractivity contribution in [2.45, 2.75) is 38.5 Å². The smallest absolute Gasteiger partial charge is 0.335 e. The third kappa shape index (κ3) is 3.77. The molecule has 0 spiro atoms. The molecule has 1 aromatic carbocycles. The first kappa shape index (κ1) is 15.4. The number of aromatic carboxylic acids is 1. The van der Waals surface area contributed by atoms with Crippen LogP contribution in [0.5, 0.6) is 0 Å². The number of halogens is 2.